The number of sulfonamides is 1. The molecule has 2 aromatic carbocycles. The van der Waals surface area contributed by atoms with E-state index in [0.717, 1.165) is 4.90 Å². The minimum absolute atomic E-state index is 0.0339. The summed E-state index contributed by atoms with van der Waals surface area (Å²) in [4.78, 5) is 14.5. The summed E-state index contributed by atoms with van der Waals surface area (Å²) in [5.74, 6) is 0.496. The normalized spacial score (nSPS) is 16.2. The number of hydrogen-bond donors (Lipinski definition) is 1. The molecule has 0 aromatic heterocycles. The first-order valence-electron chi connectivity index (χ1n) is 8.69. The van der Waals surface area contributed by atoms with Crippen LogP contribution >= 0.6 is 23.4 Å². The molecule has 1 aliphatic rings. The molecule has 3 rings (SSSR count). The van der Waals surface area contributed by atoms with Gasteiger partial charge in [0.25, 0.3) is 10.0 Å². The van der Waals surface area contributed by atoms with Crippen molar-refractivity contribution in [3.8, 4) is 11.5 Å². The molecule has 0 aliphatic carbocycles. The number of nitrogens with zero attached hydrogens (tertiary/aromatic N) is 1. The number of hydrogen-bond acceptors (Lipinski definition) is 6. The van der Waals surface area contributed by atoms with E-state index < -0.39 is 10.0 Å². The van der Waals surface area contributed by atoms with Gasteiger partial charge < -0.3 is 14.4 Å². The highest BCUT2D eigenvalue weighted by molar-refractivity contribution is 8.00. The number of carbonyl (C=O) groups is 1. The quantitative estimate of drug-likeness (QED) is 0.731. The number of anilines is 2. The van der Waals surface area contributed by atoms with Gasteiger partial charge in [0.1, 0.15) is 11.5 Å². The summed E-state index contributed by atoms with van der Waals surface area (Å²) in [6, 6.07) is 7.67. The van der Waals surface area contributed by atoms with Gasteiger partial charge in [-0.1, -0.05) is 18.5 Å². The molecule has 156 valence electrons. The van der Waals surface area contributed by atoms with E-state index >= 15 is 0 Å². The fraction of sp³-hybridized carbons (Fsp3) is 0.316. The third-order valence-corrected chi connectivity index (χ3v) is 7.21. The highest BCUT2D eigenvalue weighted by Gasteiger charge is 2.27. The largest absolute Gasteiger partial charge is 0.495 e. The molecule has 1 amide bonds. The van der Waals surface area contributed by atoms with Gasteiger partial charge in [-0.15, -0.1) is 11.8 Å². The number of ether oxygens (including phenoxy) is 2. The first-order chi connectivity index (χ1) is 13.7. The van der Waals surface area contributed by atoms with Gasteiger partial charge in [-0.05, 0) is 24.3 Å². The zero-order chi connectivity index (χ0) is 21.3. The van der Waals surface area contributed by atoms with E-state index in [0.29, 0.717) is 18.0 Å². The summed E-state index contributed by atoms with van der Waals surface area (Å²) < 4.78 is 38.9. The summed E-state index contributed by atoms with van der Waals surface area (Å²) in [5.41, 5.74) is 0.769. The fourth-order valence-electron chi connectivity index (χ4n) is 3.03. The van der Waals surface area contributed by atoms with Crippen molar-refractivity contribution in [2.45, 2.75) is 28.9 Å². The zero-order valence-electron chi connectivity index (χ0n) is 16.4. The molecule has 0 saturated carbocycles. The van der Waals surface area contributed by atoms with Crippen molar-refractivity contribution >= 4 is 50.7 Å². The van der Waals surface area contributed by atoms with Crippen molar-refractivity contribution in [2.75, 3.05) is 30.4 Å². The molecule has 0 fully saturated rings. The van der Waals surface area contributed by atoms with Crippen LogP contribution in [0.2, 0.25) is 5.02 Å². The molecule has 29 heavy (non-hydrogen) atoms. The smallest absolute Gasteiger partial charge is 0.262 e. The van der Waals surface area contributed by atoms with Crippen LogP contribution in [-0.4, -0.2) is 40.3 Å². The van der Waals surface area contributed by atoms with Crippen molar-refractivity contribution in [3.63, 3.8) is 0 Å². The van der Waals surface area contributed by atoms with Gasteiger partial charge in [0.05, 0.1) is 35.5 Å². The van der Waals surface area contributed by atoms with E-state index in [2.05, 4.69) is 4.72 Å². The van der Waals surface area contributed by atoms with Crippen LogP contribution in [0, 0.1) is 0 Å². The second kappa shape index (κ2) is 8.33. The Morgan fingerprint density at radius 1 is 1.21 bits per heavy atom. The predicted molar refractivity (Wildman–Crippen MR) is 115 cm³/mol. The van der Waals surface area contributed by atoms with Crippen molar-refractivity contribution in [1.82, 2.24) is 0 Å². The lowest BCUT2D eigenvalue weighted by Gasteiger charge is -2.32. The third-order valence-electron chi connectivity index (χ3n) is 4.40. The molecule has 7 nitrogen and oxygen atoms in total. The van der Waals surface area contributed by atoms with Gasteiger partial charge in [0.2, 0.25) is 5.91 Å². The lowest BCUT2D eigenvalue weighted by Crippen LogP contribution is -2.37. The van der Waals surface area contributed by atoms with Gasteiger partial charge in [0.15, 0.2) is 0 Å². The van der Waals surface area contributed by atoms with Crippen molar-refractivity contribution in [3.05, 3.63) is 35.4 Å². The SMILES string of the molecule is COc1cc(OC)c(NS(=O)(=O)c2ccc3c(c2)N(C(C)=O)CC(C)S3)cc1Cl. The van der Waals surface area contributed by atoms with Gasteiger partial charge >= 0.3 is 0 Å². The van der Waals surface area contributed by atoms with Crippen molar-refractivity contribution in [2.24, 2.45) is 0 Å². The first-order valence-corrected chi connectivity index (χ1v) is 11.4. The predicted octanol–water partition coefficient (Wildman–Crippen LogP) is 4.01. The van der Waals surface area contributed by atoms with E-state index in [4.69, 9.17) is 21.1 Å². The number of halogens is 1. The number of fused-ring (bicyclic) bond motifs is 1. The number of rotatable bonds is 5. The highest BCUT2D eigenvalue weighted by Crippen LogP contribution is 2.41. The second-order valence-electron chi connectivity index (χ2n) is 6.48. The third kappa shape index (κ3) is 4.41. The lowest BCUT2D eigenvalue weighted by atomic mass is 10.2. The average Bonchev–Trinajstić information content (AvgIpc) is 2.66. The van der Waals surface area contributed by atoms with Crippen molar-refractivity contribution < 1.29 is 22.7 Å². The number of amides is 1. The molecule has 0 bridgehead atoms. The number of methoxy groups -OCH3 is 2. The zero-order valence-corrected chi connectivity index (χ0v) is 18.7. The van der Waals surface area contributed by atoms with Gasteiger partial charge in [-0.3, -0.25) is 9.52 Å². The summed E-state index contributed by atoms with van der Waals surface area (Å²) in [6.45, 7) is 4.01. The van der Waals surface area contributed by atoms with Crippen LogP contribution in [0.4, 0.5) is 11.4 Å². The minimum atomic E-state index is -3.96. The summed E-state index contributed by atoms with van der Waals surface area (Å²) in [7, 11) is -1.08. The van der Waals surface area contributed by atoms with E-state index in [1.165, 1.54) is 45.4 Å². The Bertz CT molecular complexity index is 1060. The van der Waals surface area contributed by atoms with Crippen LogP contribution in [-0.2, 0) is 14.8 Å². The Balaban J connectivity index is 2.00. The summed E-state index contributed by atoms with van der Waals surface area (Å²) in [6.07, 6.45) is 0. The van der Waals surface area contributed by atoms with Crippen LogP contribution in [0.25, 0.3) is 0 Å². The minimum Gasteiger partial charge on any atom is -0.495 e. The molecular formula is C19H21ClN2O5S2. The Labute approximate surface area is 179 Å². The summed E-state index contributed by atoms with van der Waals surface area (Å²) in [5, 5.41) is 0.460. The maximum Gasteiger partial charge on any atom is 0.262 e. The number of benzene rings is 2. The molecule has 0 radical (unpaired) electrons. The van der Waals surface area contributed by atoms with E-state index in [9.17, 15) is 13.2 Å². The fourth-order valence-corrected chi connectivity index (χ4v) is 5.44. The molecular weight excluding hydrogens is 436 g/mol. The van der Waals surface area contributed by atoms with Crippen LogP contribution in [0.1, 0.15) is 13.8 Å². The van der Waals surface area contributed by atoms with Gasteiger partial charge in [-0.25, -0.2) is 8.42 Å². The van der Waals surface area contributed by atoms with Crippen molar-refractivity contribution in [1.29, 1.82) is 0 Å². The molecule has 1 atom stereocenters. The molecule has 2 aromatic rings. The van der Waals surface area contributed by atoms with E-state index in [1.54, 1.807) is 22.7 Å². The monoisotopic (exact) mass is 456 g/mol. The number of nitrogens with one attached hydrogen (secondary N) is 1. The highest BCUT2D eigenvalue weighted by atomic mass is 35.5. The lowest BCUT2D eigenvalue weighted by molar-refractivity contribution is -0.116. The standard InChI is InChI=1S/C19H21ClN2O5S2/c1-11-10-22(12(2)23)16-7-13(5-6-19(16)28-11)29(24,25)21-15-8-14(20)17(26-3)9-18(15)27-4/h5-9,11,21H,10H2,1-4H3. The van der Waals surface area contributed by atoms with Crippen LogP contribution in [0.5, 0.6) is 11.5 Å². The molecule has 1 heterocycles. The Morgan fingerprint density at radius 3 is 2.52 bits per heavy atom. The summed E-state index contributed by atoms with van der Waals surface area (Å²) >= 11 is 7.74. The molecule has 1 unspecified atom stereocenters. The average molecular weight is 457 g/mol. The number of thioether (sulfide) groups is 1. The molecule has 1 N–H and O–H groups in total. The molecule has 0 saturated heterocycles. The number of carbonyl (C=O) groups excluding carboxylic acids is 1. The maximum atomic E-state index is 13.0. The Hall–Kier alpha value is -2.10. The van der Waals surface area contributed by atoms with Crippen LogP contribution in [0.15, 0.2) is 40.1 Å². The Morgan fingerprint density at radius 2 is 1.90 bits per heavy atom. The first kappa shape index (κ1) is 21.6. The van der Waals surface area contributed by atoms with E-state index in [1.807, 2.05) is 6.92 Å². The molecule has 0 spiro atoms. The van der Waals surface area contributed by atoms with E-state index in [-0.39, 0.29) is 32.5 Å². The van der Waals surface area contributed by atoms with Crippen LogP contribution < -0.4 is 19.1 Å². The maximum absolute atomic E-state index is 13.0. The second-order valence-corrected chi connectivity index (χ2v) is 10.1. The van der Waals surface area contributed by atoms with Gasteiger partial charge in [0, 0.05) is 29.7 Å². The van der Waals surface area contributed by atoms with Crippen LogP contribution in [0.3, 0.4) is 0 Å². The van der Waals surface area contributed by atoms with Gasteiger partial charge in [-0.2, -0.15) is 0 Å². The topological polar surface area (TPSA) is 84.9 Å². The molecule has 1 aliphatic heterocycles. The molecule has 10 heteroatoms. The Kier molecular flexibility index (Phi) is 6.21.